The zero-order valence-corrected chi connectivity index (χ0v) is 8.54. The number of carbonyl (C=O) groups is 1. The lowest BCUT2D eigenvalue weighted by Crippen LogP contribution is -2.10. The number of rotatable bonds is 3. The molecular weight excluding hydrogens is 238 g/mol. The summed E-state index contributed by atoms with van der Waals surface area (Å²) in [7, 11) is 0. The van der Waals surface area contributed by atoms with Gasteiger partial charge in [-0.05, 0) is 28.4 Å². The van der Waals surface area contributed by atoms with Crippen molar-refractivity contribution in [2.24, 2.45) is 0 Å². The van der Waals surface area contributed by atoms with E-state index in [4.69, 9.17) is 9.84 Å². The third-order valence-corrected chi connectivity index (χ3v) is 2.20. The van der Waals surface area contributed by atoms with E-state index in [1.54, 1.807) is 12.3 Å². The van der Waals surface area contributed by atoms with Gasteiger partial charge in [0.15, 0.2) is 6.61 Å². The van der Waals surface area contributed by atoms with E-state index in [2.05, 4.69) is 20.9 Å². The summed E-state index contributed by atoms with van der Waals surface area (Å²) in [6, 6.07) is 1.67. The second-order valence-corrected chi connectivity index (χ2v) is 3.31. The molecule has 1 heterocycles. The molecule has 0 unspecified atom stereocenters. The summed E-state index contributed by atoms with van der Waals surface area (Å²) >= 11 is 3.28. The van der Waals surface area contributed by atoms with Gasteiger partial charge in [0.25, 0.3) is 0 Å². The van der Waals surface area contributed by atoms with E-state index in [0.717, 1.165) is 10.0 Å². The number of aromatic nitrogens is 1. The van der Waals surface area contributed by atoms with Crippen LogP contribution >= 0.6 is 15.9 Å². The van der Waals surface area contributed by atoms with Crippen molar-refractivity contribution in [1.82, 2.24) is 4.98 Å². The van der Waals surface area contributed by atoms with E-state index in [9.17, 15) is 4.79 Å². The van der Waals surface area contributed by atoms with E-state index in [-0.39, 0.29) is 6.61 Å². The molecule has 0 aliphatic carbocycles. The molecule has 5 heteroatoms. The smallest absolute Gasteiger partial charge is 0.341 e. The minimum absolute atomic E-state index is 0.322. The van der Waals surface area contributed by atoms with E-state index in [1.165, 1.54) is 0 Å². The van der Waals surface area contributed by atoms with Gasteiger partial charge < -0.3 is 9.84 Å². The molecule has 0 atom stereocenters. The summed E-state index contributed by atoms with van der Waals surface area (Å²) in [4.78, 5) is 14.0. The van der Waals surface area contributed by atoms with E-state index >= 15 is 0 Å². The van der Waals surface area contributed by atoms with Crippen molar-refractivity contribution in [3.8, 4) is 5.88 Å². The minimum Gasteiger partial charge on any atom is -0.479 e. The average molecular weight is 246 g/mol. The fraction of sp³-hybridized carbons (Fsp3) is 0.250. The molecule has 0 fully saturated rings. The highest BCUT2D eigenvalue weighted by molar-refractivity contribution is 9.10. The Labute approximate surface area is 83.7 Å². The van der Waals surface area contributed by atoms with Crippen LogP contribution in [-0.2, 0) is 4.79 Å². The fourth-order valence-electron chi connectivity index (χ4n) is 0.728. The van der Waals surface area contributed by atoms with Gasteiger partial charge in [-0.3, -0.25) is 0 Å². The van der Waals surface area contributed by atoms with Gasteiger partial charge in [-0.15, -0.1) is 0 Å². The zero-order valence-electron chi connectivity index (χ0n) is 6.95. The third kappa shape index (κ3) is 3.02. The molecule has 0 spiro atoms. The largest absolute Gasteiger partial charge is 0.479 e. The summed E-state index contributed by atoms with van der Waals surface area (Å²) in [5, 5.41) is 8.34. The molecule has 0 bridgehead atoms. The van der Waals surface area contributed by atoms with Crippen molar-refractivity contribution in [3.05, 3.63) is 22.3 Å². The Morgan fingerprint density at radius 1 is 1.77 bits per heavy atom. The molecule has 1 aromatic heterocycles. The predicted molar refractivity (Wildman–Crippen MR) is 49.8 cm³/mol. The first-order chi connectivity index (χ1) is 6.09. The lowest BCUT2D eigenvalue weighted by Gasteiger charge is -2.03. The zero-order chi connectivity index (χ0) is 9.84. The number of aliphatic carboxylic acids is 1. The Kier molecular flexibility index (Phi) is 3.25. The van der Waals surface area contributed by atoms with Crippen molar-refractivity contribution in [2.75, 3.05) is 6.61 Å². The van der Waals surface area contributed by atoms with Crippen LogP contribution in [0.5, 0.6) is 5.88 Å². The molecule has 1 rings (SSSR count). The fourth-order valence-corrected chi connectivity index (χ4v) is 0.945. The molecule has 70 valence electrons. The first-order valence-electron chi connectivity index (χ1n) is 3.56. The molecule has 1 aromatic rings. The van der Waals surface area contributed by atoms with Gasteiger partial charge in [-0.25, -0.2) is 9.78 Å². The van der Waals surface area contributed by atoms with Crippen LogP contribution in [0.4, 0.5) is 0 Å². The van der Waals surface area contributed by atoms with Crippen molar-refractivity contribution in [2.45, 2.75) is 6.92 Å². The Bertz CT molecular complexity index is 327. The molecule has 1 N–H and O–H groups in total. The summed E-state index contributed by atoms with van der Waals surface area (Å²) < 4.78 is 5.74. The molecule has 0 saturated heterocycles. The van der Waals surface area contributed by atoms with Gasteiger partial charge in [0.05, 0.1) is 0 Å². The number of carboxylic acid groups (broad SMARTS) is 1. The molecule has 0 radical (unpaired) electrons. The summed E-state index contributed by atoms with van der Waals surface area (Å²) in [6.07, 6.45) is 1.58. The van der Waals surface area contributed by atoms with Crippen LogP contribution in [0.15, 0.2) is 16.7 Å². The number of ether oxygens (including phenoxy) is 1. The SMILES string of the molecule is Cc1cc(OCC(=O)O)ncc1Br. The van der Waals surface area contributed by atoms with Crippen LogP contribution < -0.4 is 4.74 Å². The normalized spacial score (nSPS) is 9.69. The number of nitrogens with zero attached hydrogens (tertiary/aromatic N) is 1. The van der Waals surface area contributed by atoms with Crippen LogP contribution in [0.1, 0.15) is 5.56 Å². The maximum Gasteiger partial charge on any atom is 0.341 e. The third-order valence-electron chi connectivity index (χ3n) is 1.37. The van der Waals surface area contributed by atoms with Crippen molar-refractivity contribution in [1.29, 1.82) is 0 Å². The minimum atomic E-state index is -1.01. The Morgan fingerprint density at radius 3 is 3.00 bits per heavy atom. The quantitative estimate of drug-likeness (QED) is 0.880. The Balaban J connectivity index is 2.68. The molecular formula is C8H8BrNO3. The number of halogens is 1. The molecule has 0 aliphatic rings. The lowest BCUT2D eigenvalue weighted by molar-refractivity contribution is -0.139. The van der Waals surface area contributed by atoms with E-state index < -0.39 is 5.97 Å². The van der Waals surface area contributed by atoms with Crippen LogP contribution in [-0.4, -0.2) is 22.7 Å². The monoisotopic (exact) mass is 245 g/mol. The number of aryl methyl sites for hydroxylation is 1. The van der Waals surface area contributed by atoms with Crippen LogP contribution in [0.2, 0.25) is 0 Å². The van der Waals surface area contributed by atoms with Gasteiger partial charge in [0.1, 0.15) is 0 Å². The lowest BCUT2D eigenvalue weighted by atomic mass is 10.3. The highest BCUT2D eigenvalue weighted by Gasteiger charge is 2.02. The maximum atomic E-state index is 10.2. The van der Waals surface area contributed by atoms with Gasteiger partial charge in [-0.1, -0.05) is 0 Å². The van der Waals surface area contributed by atoms with Crippen molar-refractivity contribution >= 4 is 21.9 Å². The number of pyridine rings is 1. The van der Waals surface area contributed by atoms with Gasteiger partial charge in [-0.2, -0.15) is 0 Å². The van der Waals surface area contributed by atoms with Crippen LogP contribution in [0, 0.1) is 6.92 Å². The van der Waals surface area contributed by atoms with Gasteiger partial charge >= 0.3 is 5.97 Å². The highest BCUT2D eigenvalue weighted by Crippen LogP contribution is 2.18. The van der Waals surface area contributed by atoms with Gasteiger partial charge in [0.2, 0.25) is 5.88 Å². The summed E-state index contributed by atoms with van der Waals surface area (Å²) in [6.45, 7) is 1.51. The number of carboxylic acids is 1. The van der Waals surface area contributed by atoms with Crippen molar-refractivity contribution in [3.63, 3.8) is 0 Å². The number of hydrogen-bond donors (Lipinski definition) is 1. The molecule has 4 nitrogen and oxygen atoms in total. The average Bonchev–Trinajstić information content (AvgIpc) is 2.07. The predicted octanol–water partition coefficient (Wildman–Crippen LogP) is 1.62. The second-order valence-electron chi connectivity index (χ2n) is 2.45. The van der Waals surface area contributed by atoms with Crippen molar-refractivity contribution < 1.29 is 14.6 Å². The van der Waals surface area contributed by atoms with E-state index in [1.807, 2.05) is 6.92 Å². The van der Waals surface area contributed by atoms with Gasteiger partial charge in [0, 0.05) is 16.7 Å². The van der Waals surface area contributed by atoms with Crippen LogP contribution in [0.25, 0.3) is 0 Å². The first-order valence-corrected chi connectivity index (χ1v) is 4.35. The molecule has 13 heavy (non-hydrogen) atoms. The molecule has 0 saturated carbocycles. The standard InChI is InChI=1S/C8H8BrNO3/c1-5-2-7(10-3-6(5)9)13-4-8(11)12/h2-3H,4H2,1H3,(H,11,12). The molecule has 0 aromatic carbocycles. The number of hydrogen-bond acceptors (Lipinski definition) is 3. The van der Waals surface area contributed by atoms with E-state index in [0.29, 0.717) is 5.88 Å². The summed E-state index contributed by atoms with van der Waals surface area (Å²) in [5.74, 6) is -0.689. The molecule has 0 aliphatic heterocycles. The second kappa shape index (κ2) is 4.23. The maximum absolute atomic E-state index is 10.2. The molecule has 0 amide bonds. The highest BCUT2D eigenvalue weighted by atomic mass is 79.9. The Morgan fingerprint density at radius 2 is 2.46 bits per heavy atom. The topological polar surface area (TPSA) is 59.4 Å². The summed E-state index contributed by atoms with van der Waals surface area (Å²) in [5.41, 5.74) is 0.954. The first kappa shape index (κ1) is 9.98. The van der Waals surface area contributed by atoms with Crippen LogP contribution in [0.3, 0.4) is 0 Å². The Hall–Kier alpha value is -1.10.